The van der Waals surface area contributed by atoms with Crippen LogP contribution in [0.4, 0.5) is 5.82 Å². The van der Waals surface area contributed by atoms with Crippen molar-refractivity contribution in [1.82, 2.24) is 10.2 Å². The number of rotatable bonds is 8. The quantitative estimate of drug-likeness (QED) is 0.797. The molecule has 0 spiro atoms. The summed E-state index contributed by atoms with van der Waals surface area (Å²) in [6, 6.07) is 0.445. The lowest BCUT2D eigenvalue weighted by molar-refractivity contribution is 0.0695. The minimum atomic E-state index is -0.881. The largest absolute Gasteiger partial charge is 0.478 e. The van der Waals surface area contributed by atoms with E-state index in [9.17, 15) is 9.90 Å². The van der Waals surface area contributed by atoms with Crippen molar-refractivity contribution in [2.24, 2.45) is 0 Å². The molecule has 1 heterocycles. The molecule has 116 valence electrons. The summed E-state index contributed by atoms with van der Waals surface area (Å²) in [6.45, 7) is 6.99. The van der Waals surface area contributed by atoms with Crippen LogP contribution in [0.15, 0.2) is 0 Å². The molecule has 1 saturated carbocycles. The van der Waals surface area contributed by atoms with Gasteiger partial charge in [-0.15, -0.1) is 5.10 Å². The standard InChI is InChI=1S/C16H25N3O2/c1-4-7-10-19(11-8-9-11)15-14(16(20)21)12(5-2)13(6-3)17-18-15/h11H,4-10H2,1-3H3,(H,20,21). The molecule has 0 aliphatic heterocycles. The Kier molecular flexibility index (Phi) is 5.15. The van der Waals surface area contributed by atoms with E-state index in [2.05, 4.69) is 22.0 Å². The summed E-state index contributed by atoms with van der Waals surface area (Å²) in [4.78, 5) is 14.0. The molecule has 0 aromatic carbocycles. The minimum absolute atomic E-state index is 0.368. The van der Waals surface area contributed by atoms with Gasteiger partial charge in [-0.25, -0.2) is 4.79 Å². The van der Waals surface area contributed by atoms with Crippen LogP contribution in [0.1, 0.15) is 68.1 Å². The number of carboxylic acids is 1. The van der Waals surface area contributed by atoms with E-state index in [0.717, 1.165) is 49.9 Å². The highest BCUT2D eigenvalue weighted by Gasteiger charge is 2.33. The highest BCUT2D eigenvalue weighted by Crippen LogP contribution is 2.34. The Morgan fingerprint density at radius 3 is 2.43 bits per heavy atom. The van der Waals surface area contributed by atoms with Crippen LogP contribution in [-0.4, -0.2) is 33.9 Å². The summed E-state index contributed by atoms with van der Waals surface area (Å²) in [7, 11) is 0. The Morgan fingerprint density at radius 1 is 1.24 bits per heavy atom. The van der Waals surface area contributed by atoms with Gasteiger partial charge in [-0.3, -0.25) is 0 Å². The molecule has 0 saturated heterocycles. The summed E-state index contributed by atoms with van der Waals surface area (Å²) >= 11 is 0. The Labute approximate surface area is 126 Å². The van der Waals surface area contributed by atoms with Crippen molar-refractivity contribution in [1.29, 1.82) is 0 Å². The third kappa shape index (κ3) is 3.34. The van der Waals surface area contributed by atoms with Crippen LogP contribution in [0.2, 0.25) is 0 Å². The molecular weight excluding hydrogens is 266 g/mol. The first kappa shape index (κ1) is 15.7. The second-order valence-corrected chi connectivity index (χ2v) is 5.61. The third-order valence-corrected chi connectivity index (χ3v) is 4.05. The number of carboxylic acid groups (broad SMARTS) is 1. The lowest BCUT2D eigenvalue weighted by Crippen LogP contribution is -2.31. The Balaban J connectivity index is 2.47. The zero-order valence-electron chi connectivity index (χ0n) is 13.2. The zero-order chi connectivity index (χ0) is 15.4. The molecule has 1 N–H and O–H groups in total. The molecule has 1 aliphatic carbocycles. The maximum Gasteiger partial charge on any atom is 0.339 e. The smallest absolute Gasteiger partial charge is 0.339 e. The van der Waals surface area contributed by atoms with Crippen LogP contribution in [0, 0.1) is 0 Å². The van der Waals surface area contributed by atoms with E-state index in [0.29, 0.717) is 23.8 Å². The molecule has 0 atom stereocenters. The van der Waals surface area contributed by atoms with Gasteiger partial charge in [0.2, 0.25) is 0 Å². The SMILES string of the molecule is CCCCN(c1nnc(CC)c(CC)c1C(=O)O)C1CC1. The number of hydrogen-bond donors (Lipinski definition) is 1. The van der Waals surface area contributed by atoms with E-state index in [4.69, 9.17) is 0 Å². The fourth-order valence-corrected chi connectivity index (χ4v) is 2.76. The average Bonchev–Trinajstić information content (AvgIpc) is 3.31. The van der Waals surface area contributed by atoms with Gasteiger partial charge in [0.15, 0.2) is 5.82 Å². The van der Waals surface area contributed by atoms with Crippen LogP contribution in [0.3, 0.4) is 0 Å². The molecule has 0 amide bonds. The normalized spacial score (nSPS) is 14.2. The second kappa shape index (κ2) is 6.87. The van der Waals surface area contributed by atoms with Crippen molar-refractivity contribution in [2.45, 2.75) is 65.3 Å². The van der Waals surface area contributed by atoms with Crippen molar-refractivity contribution >= 4 is 11.8 Å². The first-order chi connectivity index (χ1) is 10.1. The number of aromatic nitrogens is 2. The third-order valence-electron chi connectivity index (χ3n) is 4.05. The molecule has 0 unspecified atom stereocenters. The molecule has 21 heavy (non-hydrogen) atoms. The molecule has 0 radical (unpaired) electrons. The van der Waals surface area contributed by atoms with E-state index < -0.39 is 5.97 Å². The van der Waals surface area contributed by atoms with Gasteiger partial charge in [0.25, 0.3) is 0 Å². The van der Waals surface area contributed by atoms with Crippen molar-refractivity contribution < 1.29 is 9.90 Å². The van der Waals surface area contributed by atoms with E-state index in [1.807, 2.05) is 13.8 Å². The number of nitrogens with zero attached hydrogens (tertiary/aromatic N) is 3. The van der Waals surface area contributed by atoms with Gasteiger partial charge in [-0.05, 0) is 37.7 Å². The number of hydrogen-bond acceptors (Lipinski definition) is 4. The van der Waals surface area contributed by atoms with Crippen molar-refractivity contribution in [3.8, 4) is 0 Å². The predicted molar refractivity (Wildman–Crippen MR) is 83.0 cm³/mol. The van der Waals surface area contributed by atoms with Gasteiger partial charge in [-0.1, -0.05) is 27.2 Å². The average molecular weight is 291 g/mol. The summed E-state index contributed by atoms with van der Waals surface area (Å²) in [6.07, 6.45) is 5.79. The van der Waals surface area contributed by atoms with E-state index >= 15 is 0 Å². The molecule has 0 bridgehead atoms. The lowest BCUT2D eigenvalue weighted by atomic mass is 10.0. The zero-order valence-corrected chi connectivity index (χ0v) is 13.2. The van der Waals surface area contributed by atoms with Crippen LogP contribution in [0.5, 0.6) is 0 Å². The number of unbranched alkanes of at least 4 members (excludes halogenated alkanes) is 1. The monoisotopic (exact) mass is 291 g/mol. The Bertz CT molecular complexity index is 512. The van der Waals surface area contributed by atoms with Gasteiger partial charge >= 0.3 is 5.97 Å². The second-order valence-electron chi connectivity index (χ2n) is 5.61. The van der Waals surface area contributed by atoms with Gasteiger partial charge < -0.3 is 10.0 Å². The fraction of sp³-hybridized carbons (Fsp3) is 0.688. The lowest BCUT2D eigenvalue weighted by Gasteiger charge is -2.25. The molecule has 1 aliphatic rings. The van der Waals surface area contributed by atoms with Gasteiger partial charge in [0, 0.05) is 12.6 Å². The summed E-state index contributed by atoms with van der Waals surface area (Å²) in [5.41, 5.74) is 2.02. The Morgan fingerprint density at radius 2 is 1.95 bits per heavy atom. The molecular formula is C16H25N3O2. The van der Waals surface area contributed by atoms with Gasteiger partial charge in [-0.2, -0.15) is 5.10 Å². The summed E-state index contributed by atoms with van der Waals surface area (Å²) < 4.78 is 0. The topological polar surface area (TPSA) is 66.3 Å². The summed E-state index contributed by atoms with van der Waals surface area (Å²) in [5.74, 6) is -0.305. The Hall–Kier alpha value is -1.65. The van der Waals surface area contributed by atoms with Crippen LogP contribution in [-0.2, 0) is 12.8 Å². The van der Waals surface area contributed by atoms with Gasteiger partial charge in [0.05, 0.1) is 5.69 Å². The van der Waals surface area contributed by atoms with Crippen LogP contribution < -0.4 is 4.90 Å². The number of anilines is 1. The number of aryl methyl sites for hydroxylation is 1. The first-order valence-electron chi connectivity index (χ1n) is 8.02. The maximum atomic E-state index is 11.8. The molecule has 1 aromatic heterocycles. The van der Waals surface area contributed by atoms with E-state index in [-0.39, 0.29) is 0 Å². The predicted octanol–water partition coefficient (Wildman–Crippen LogP) is 3.07. The fourth-order valence-electron chi connectivity index (χ4n) is 2.76. The van der Waals surface area contributed by atoms with Gasteiger partial charge in [0.1, 0.15) is 5.56 Å². The molecule has 1 aromatic rings. The van der Waals surface area contributed by atoms with Crippen LogP contribution in [0.25, 0.3) is 0 Å². The maximum absolute atomic E-state index is 11.8. The van der Waals surface area contributed by atoms with E-state index in [1.165, 1.54) is 0 Å². The summed E-state index contributed by atoms with van der Waals surface area (Å²) in [5, 5.41) is 18.3. The molecule has 2 rings (SSSR count). The van der Waals surface area contributed by atoms with Crippen molar-refractivity contribution in [3.05, 3.63) is 16.8 Å². The number of carbonyl (C=O) groups is 1. The molecule has 5 nitrogen and oxygen atoms in total. The van der Waals surface area contributed by atoms with E-state index in [1.54, 1.807) is 0 Å². The molecule has 1 fully saturated rings. The minimum Gasteiger partial charge on any atom is -0.478 e. The van der Waals surface area contributed by atoms with Crippen molar-refractivity contribution in [2.75, 3.05) is 11.4 Å². The van der Waals surface area contributed by atoms with Crippen molar-refractivity contribution in [3.63, 3.8) is 0 Å². The van der Waals surface area contributed by atoms with Crippen LogP contribution >= 0.6 is 0 Å². The molecule has 5 heteroatoms. The first-order valence-corrected chi connectivity index (χ1v) is 8.02. The highest BCUT2D eigenvalue weighted by molar-refractivity contribution is 5.95. The number of aromatic carboxylic acids is 1. The highest BCUT2D eigenvalue weighted by atomic mass is 16.4.